The molecule has 1 aromatic carbocycles. The average Bonchev–Trinajstić information content (AvgIpc) is 3.16. The van der Waals surface area contributed by atoms with Crippen molar-refractivity contribution in [3.63, 3.8) is 0 Å². The number of hydrogen-bond acceptors (Lipinski definition) is 6. The van der Waals surface area contributed by atoms with E-state index in [1.54, 1.807) is 36.5 Å². The Morgan fingerprint density at radius 1 is 1.07 bits per heavy atom. The van der Waals surface area contributed by atoms with Crippen molar-refractivity contribution in [1.29, 1.82) is 0 Å². The van der Waals surface area contributed by atoms with E-state index in [0.29, 0.717) is 13.2 Å². The van der Waals surface area contributed by atoms with Gasteiger partial charge < -0.3 is 9.84 Å². The number of sulfonamides is 1. The first-order valence-corrected chi connectivity index (χ1v) is 11.5. The maximum absolute atomic E-state index is 12.9. The van der Waals surface area contributed by atoms with E-state index in [-0.39, 0.29) is 23.6 Å². The first-order chi connectivity index (χ1) is 14.0. The summed E-state index contributed by atoms with van der Waals surface area (Å²) >= 11 is 0. The van der Waals surface area contributed by atoms with E-state index in [9.17, 15) is 13.5 Å². The number of likely N-dealkylation sites (tertiary alicyclic amines) is 1. The summed E-state index contributed by atoms with van der Waals surface area (Å²) in [5.74, 6) is 0. The zero-order valence-corrected chi connectivity index (χ0v) is 17.1. The van der Waals surface area contributed by atoms with E-state index in [0.717, 1.165) is 31.5 Å². The minimum atomic E-state index is -3.58. The molecule has 0 unspecified atom stereocenters. The molecule has 2 aliphatic rings. The van der Waals surface area contributed by atoms with E-state index >= 15 is 0 Å². The van der Waals surface area contributed by atoms with Gasteiger partial charge in [0.1, 0.15) is 0 Å². The molecule has 7 nitrogen and oxygen atoms in total. The van der Waals surface area contributed by atoms with Gasteiger partial charge in [0.25, 0.3) is 0 Å². The van der Waals surface area contributed by atoms with Gasteiger partial charge in [0.2, 0.25) is 10.0 Å². The van der Waals surface area contributed by atoms with Crippen LogP contribution in [0.15, 0.2) is 59.8 Å². The van der Waals surface area contributed by atoms with Crippen LogP contribution in [0, 0.1) is 0 Å². The molecular weight excluding hydrogens is 390 g/mol. The number of pyridine rings is 1. The molecule has 2 saturated heterocycles. The van der Waals surface area contributed by atoms with E-state index in [2.05, 4.69) is 9.88 Å². The second-order valence-electron chi connectivity index (χ2n) is 7.68. The maximum Gasteiger partial charge on any atom is 0.243 e. The number of nitrogens with zero attached hydrogens (tertiary/aromatic N) is 3. The van der Waals surface area contributed by atoms with Crippen LogP contribution in [0.25, 0.3) is 0 Å². The summed E-state index contributed by atoms with van der Waals surface area (Å²) < 4.78 is 33.1. The highest BCUT2D eigenvalue weighted by Gasteiger charge is 2.42. The number of hydrogen-bond donors (Lipinski definition) is 1. The van der Waals surface area contributed by atoms with Gasteiger partial charge >= 0.3 is 0 Å². The Hall–Kier alpha value is -1.84. The van der Waals surface area contributed by atoms with Crippen molar-refractivity contribution in [3.05, 3.63) is 60.4 Å². The molecule has 3 heterocycles. The minimum absolute atomic E-state index is 0.138. The van der Waals surface area contributed by atoms with Gasteiger partial charge in [-0.2, -0.15) is 4.31 Å². The van der Waals surface area contributed by atoms with Crippen LogP contribution in [0.3, 0.4) is 0 Å². The zero-order chi connectivity index (χ0) is 20.3. The summed E-state index contributed by atoms with van der Waals surface area (Å²) in [6.07, 6.45) is 4.79. The number of aliphatic hydroxyl groups excluding tert-OH is 1. The Labute approximate surface area is 172 Å². The monoisotopic (exact) mass is 417 g/mol. The maximum atomic E-state index is 12.9. The second-order valence-corrected chi connectivity index (χ2v) is 9.62. The molecular formula is C21H27N3O4S. The standard InChI is InChI=1S/C21H27N3O4S/c25-21-15-24(29(26,27)19-6-2-1-3-7-19)14-20(21)23-11-8-18(9-12-23)28-16-17-5-4-10-22-13-17/h1-7,10,13,18,20-21,25H,8-9,11-12,14-16H2/t20-,21-/m0/s1. The topological polar surface area (TPSA) is 83.0 Å². The van der Waals surface area contributed by atoms with Crippen LogP contribution in [-0.4, -0.2) is 72.1 Å². The molecule has 1 aromatic heterocycles. The number of β-amino-alcohol motifs (C(OH)–C–C–N with tert-alkyl or cyclic N) is 1. The zero-order valence-electron chi connectivity index (χ0n) is 16.3. The predicted octanol–water partition coefficient (Wildman–Crippen LogP) is 1.50. The van der Waals surface area contributed by atoms with Crippen molar-refractivity contribution in [1.82, 2.24) is 14.2 Å². The quantitative estimate of drug-likeness (QED) is 0.767. The highest BCUT2D eigenvalue weighted by Crippen LogP contribution is 2.26. The molecule has 2 aliphatic heterocycles. The third-order valence-corrected chi connectivity index (χ3v) is 7.61. The molecule has 29 heavy (non-hydrogen) atoms. The molecule has 8 heteroatoms. The first kappa shape index (κ1) is 20.4. The van der Waals surface area contributed by atoms with Gasteiger partial charge in [-0.1, -0.05) is 24.3 Å². The van der Waals surface area contributed by atoms with Crippen molar-refractivity contribution in [3.8, 4) is 0 Å². The van der Waals surface area contributed by atoms with Gasteiger partial charge in [0.05, 0.1) is 29.8 Å². The number of piperidine rings is 1. The molecule has 0 saturated carbocycles. The van der Waals surface area contributed by atoms with Gasteiger partial charge in [0.15, 0.2) is 0 Å². The number of rotatable bonds is 6. The molecule has 0 aliphatic carbocycles. The smallest absolute Gasteiger partial charge is 0.243 e. The largest absolute Gasteiger partial charge is 0.390 e. The van der Waals surface area contributed by atoms with Crippen LogP contribution in [-0.2, 0) is 21.4 Å². The molecule has 2 atom stereocenters. The molecule has 156 valence electrons. The van der Waals surface area contributed by atoms with Crippen molar-refractivity contribution in [2.24, 2.45) is 0 Å². The van der Waals surface area contributed by atoms with Crippen LogP contribution < -0.4 is 0 Å². The molecule has 0 bridgehead atoms. The molecule has 4 rings (SSSR count). The summed E-state index contributed by atoms with van der Waals surface area (Å²) in [5.41, 5.74) is 1.06. The Morgan fingerprint density at radius 3 is 2.52 bits per heavy atom. The van der Waals surface area contributed by atoms with Crippen LogP contribution in [0.1, 0.15) is 18.4 Å². The number of aromatic nitrogens is 1. The average molecular weight is 418 g/mol. The van der Waals surface area contributed by atoms with Gasteiger partial charge in [-0.3, -0.25) is 9.88 Å². The van der Waals surface area contributed by atoms with Gasteiger partial charge in [-0.25, -0.2) is 8.42 Å². The normalized spacial score (nSPS) is 24.7. The summed E-state index contributed by atoms with van der Waals surface area (Å²) in [7, 11) is -3.58. The van der Waals surface area contributed by atoms with E-state index in [1.807, 2.05) is 18.3 Å². The minimum Gasteiger partial charge on any atom is -0.390 e. The summed E-state index contributed by atoms with van der Waals surface area (Å²) in [6.45, 7) is 2.59. The fourth-order valence-electron chi connectivity index (χ4n) is 4.10. The fourth-order valence-corrected chi connectivity index (χ4v) is 5.60. The Morgan fingerprint density at radius 2 is 1.83 bits per heavy atom. The molecule has 0 amide bonds. The molecule has 1 N–H and O–H groups in total. The third kappa shape index (κ3) is 4.67. The van der Waals surface area contributed by atoms with Crippen molar-refractivity contribution < 1.29 is 18.3 Å². The lowest BCUT2D eigenvalue weighted by Crippen LogP contribution is -2.48. The Kier molecular flexibility index (Phi) is 6.26. The van der Waals surface area contributed by atoms with Crippen LogP contribution >= 0.6 is 0 Å². The van der Waals surface area contributed by atoms with E-state index in [1.165, 1.54) is 4.31 Å². The number of aliphatic hydroxyl groups is 1. The molecule has 0 radical (unpaired) electrons. The van der Waals surface area contributed by atoms with Gasteiger partial charge in [-0.05, 0) is 36.6 Å². The summed E-state index contributed by atoms with van der Waals surface area (Å²) in [4.78, 5) is 6.58. The van der Waals surface area contributed by atoms with Crippen LogP contribution in [0.2, 0.25) is 0 Å². The van der Waals surface area contributed by atoms with Crippen LogP contribution in [0.4, 0.5) is 0 Å². The lowest BCUT2D eigenvalue weighted by molar-refractivity contribution is -0.0212. The summed E-state index contributed by atoms with van der Waals surface area (Å²) in [6, 6.07) is 12.1. The highest BCUT2D eigenvalue weighted by molar-refractivity contribution is 7.89. The molecule has 2 aromatic rings. The van der Waals surface area contributed by atoms with E-state index < -0.39 is 16.1 Å². The lowest BCUT2D eigenvalue weighted by Gasteiger charge is -2.36. The Bertz CT molecular complexity index is 887. The predicted molar refractivity (Wildman–Crippen MR) is 109 cm³/mol. The van der Waals surface area contributed by atoms with Gasteiger partial charge in [0, 0.05) is 38.6 Å². The highest BCUT2D eigenvalue weighted by atomic mass is 32.2. The summed E-state index contributed by atoms with van der Waals surface area (Å²) in [5, 5.41) is 10.6. The van der Waals surface area contributed by atoms with Crippen LogP contribution in [0.5, 0.6) is 0 Å². The number of ether oxygens (including phenoxy) is 1. The molecule has 0 spiro atoms. The fraction of sp³-hybridized carbons (Fsp3) is 0.476. The lowest BCUT2D eigenvalue weighted by atomic mass is 10.0. The third-order valence-electron chi connectivity index (χ3n) is 5.76. The van der Waals surface area contributed by atoms with Crippen molar-refractivity contribution in [2.75, 3.05) is 26.2 Å². The number of benzene rings is 1. The Balaban J connectivity index is 1.31. The first-order valence-electron chi connectivity index (χ1n) is 10.0. The van der Waals surface area contributed by atoms with Crippen molar-refractivity contribution >= 4 is 10.0 Å². The second kappa shape index (κ2) is 8.89. The SMILES string of the molecule is O=S(=O)(c1ccccc1)N1C[C@H](O)[C@@H](N2CCC(OCc3cccnc3)CC2)C1. The molecule has 2 fully saturated rings. The van der Waals surface area contributed by atoms with E-state index in [4.69, 9.17) is 4.74 Å². The van der Waals surface area contributed by atoms with Crippen molar-refractivity contribution in [2.45, 2.75) is 42.6 Å². The van der Waals surface area contributed by atoms with Gasteiger partial charge in [-0.15, -0.1) is 0 Å².